The number of hydrogen-bond acceptors (Lipinski definition) is 4. The van der Waals surface area contributed by atoms with Crippen LogP contribution >= 0.6 is 11.6 Å². The summed E-state index contributed by atoms with van der Waals surface area (Å²) >= 11 is 6.10. The highest BCUT2D eigenvalue weighted by atomic mass is 35.5. The third-order valence-electron chi connectivity index (χ3n) is 5.67. The second-order valence-electron chi connectivity index (χ2n) is 7.63. The fraction of sp³-hybridized carbons (Fsp3) is 0.250. The first kappa shape index (κ1) is 20.1. The summed E-state index contributed by atoms with van der Waals surface area (Å²) in [6.45, 7) is 1.08. The third kappa shape index (κ3) is 4.19. The monoisotopic (exact) mass is 416 g/mol. The average Bonchev–Trinajstić information content (AvgIpc) is 2.80. The first-order valence-electron chi connectivity index (χ1n) is 9.91. The zero-order valence-corrected chi connectivity index (χ0v) is 17.2. The van der Waals surface area contributed by atoms with Crippen molar-refractivity contribution in [3.63, 3.8) is 0 Å². The van der Waals surface area contributed by atoms with E-state index in [1.54, 1.807) is 24.7 Å². The van der Waals surface area contributed by atoms with Crippen LogP contribution < -0.4 is 0 Å². The fourth-order valence-electron chi connectivity index (χ4n) is 3.99. The Morgan fingerprint density at radius 3 is 2.57 bits per heavy atom. The third-order valence-corrected chi connectivity index (χ3v) is 5.90. The maximum absolute atomic E-state index is 13.3. The van der Waals surface area contributed by atoms with Crippen LogP contribution in [0.1, 0.15) is 28.8 Å². The lowest BCUT2D eigenvalue weighted by Crippen LogP contribution is -2.43. The molecule has 0 spiro atoms. The summed E-state index contributed by atoms with van der Waals surface area (Å²) in [5.41, 5.74) is 2.66. The molecule has 0 aliphatic carbocycles. The van der Waals surface area contributed by atoms with Gasteiger partial charge in [-0.15, -0.1) is 0 Å². The van der Waals surface area contributed by atoms with Gasteiger partial charge in [-0.25, -0.2) is 0 Å². The van der Waals surface area contributed by atoms with Gasteiger partial charge >= 0.3 is 0 Å². The highest BCUT2D eigenvalue weighted by Crippen LogP contribution is 2.36. The summed E-state index contributed by atoms with van der Waals surface area (Å²) in [6, 6.07) is 17.5. The molecule has 0 radical (unpaired) electrons. The topological polar surface area (TPSA) is 69.9 Å². The molecule has 2 aromatic heterocycles. The Labute approximate surface area is 181 Å². The summed E-state index contributed by atoms with van der Waals surface area (Å²) < 4.78 is 0. The van der Waals surface area contributed by atoms with Gasteiger partial charge < -0.3 is 4.90 Å². The molecule has 150 valence electrons. The maximum Gasteiger partial charge on any atom is 0.256 e. The Morgan fingerprint density at radius 1 is 1.10 bits per heavy atom. The van der Waals surface area contributed by atoms with Crippen LogP contribution in [0.5, 0.6) is 0 Å². The minimum atomic E-state index is -0.482. The minimum absolute atomic E-state index is 0.0517. The molecule has 0 saturated carbocycles. The van der Waals surface area contributed by atoms with E-state index in [1.807, 2.05) is 47.4 Å². The fourth-order valence-corrected chi connectivity index (χ4v) is 4.20. The van der Waals surface area contributed by atoms with Crippen LogP contribution in [-0.2, 0) is 6.42 Å². The number of hydrogen-bond donors (Lipinski definition) is 0. The number of nitrogens with zero attached hydrogens (tertiary/aromatic N) is 4. The van der Waals surface area contributed by atoms with E-state index in [4.69, 9.17) is 11.6 Å². The van der Waals surface area contributed by atoms with E-state index in [0.29, 0.717) is 48.6 Å². The number of nitriles is 1. The molecule has 1 aliphatic heterocycles. The number of likely N-dealkylation sites (tertiary alicyclic amines) is 1. The van der Waals surface area contributed by atoms with E-state index in [1.165, 1.54) is 0 Å². The molecule has 0 N–H and O–H groups in total. The number of aromatic nitrogens is 2. The molecule has 4 rings (SSSR count). The second-order valence-corrected chi connectivity index (χ2v) is 8.06. The van der Waals surface area contributed by atoms with Crippen molar-refractivity contribution in [1.82, 2.24) is 14.9 Å². The number of amides is 1. The van der Waals surface area contributed by atoms with Crippen LogP contribution in [0.4, 0.5) is 0 Å². The van der Waals surface area contributed by atoms with Gasteiger partial charge in [-0.2, -0.15) is 5.26 Å². The van der Waals surface area contributed by atoms with Crippen LogP contribution in [-0.4, -0.2) is 33.9 Å². The first-order chi connectivity index (χ1) is 14.6. The van der Waals surface area contributed by atoms with E-state index < -0.39 is 5.41 Å². The van der Waals surface area contributed by atoms with E-state index in [2.05, 4.69) is 16.0 Å². The van der Waals surface area contributed by atoms with Crippen LogP contribution in [0, 0.1) is 16.7 Å². The Kier molecular flexibility index (Phi) is 5.78. The van der Waals surface area contributed by atoms with Gasteiger partial charge in [-0.1, -0.05) is 23.7 Å². The summed E-state index contributed by atoms with van der Waals surface area (Å²) in [4.78, 5) is 23.6. The van der Waals surface area contributed by atoms with Crippen molar-refractivity contribution in [3.05, 3.63) is 83.3 Å². The molecule has 1 aliphatic rings. The maximum atomic E-state index is 13.3. The highest BCUT2D eigenvalue weighted by Gasteiger charge is 2.37. The summed E-state index contributed by atoms with van der Waals surface area (Å²) in [6.07, 6.45) is 6.97. The zero-order chi connectivity index (χ0) is 21.0. The molecule has 1 fully saturated rings. The van der Waals surface area contributed by atoms with Gasteiger partial charge in [-0.05, 0) is 61.2 Å². The van der Waals surface area contributed by atoms with Gasteiger partial charge in [0.25, 0.3) is 5.91 Å². The molecular weight excluding hydrogens is 396 g/mol. The number of benzene rings is 1. The molecule has 1 saturated heterocycles. The number of piperidine rings is 1. The van der Waals surface area contributed by atoms with Crippen molar-refractivity contribution in [1.29, 1.82) is 5.26 Å². The minimum Gasteiger partial charge on any atom is -0.338 e. The van der Waals surface area contributed by atoms with Gasteiger partial charge in [0.1, 0.15) is 0 Å². The van der Waals surface area contributed by atoms with Crippen molar-refractivity contribution in [2.45, 2.75) is 19.3 Å². The Hall–Kier alpha value is -3.23. The summed E-state index contributed by atoms with van der Waals surface area (Å²) in [5, 5.41) is 10.6. The van der Waals surface area contributed by atoms with Gasteiger partial charge in [-0.3, -0.25) is 14.8 Å². The van der Waals surface area contributed by atoms with E-state index in [-0.39, 0.29) is 5.91 Å². The van der Waals surface area contributed by atoms with E-state index >= 15 is 0 Å². The first-order valence-corrected chi connectivity index (χ1v) is 10.3. The summed E-state index contributed by atoms with van der Waals surface area (Å²) in [5.74, 6) is -0.0517. The molecule has 0 bridgehead atoms. The smallest absolute Gasteiger partial charge is 0.256 e. The van der Waals surface area contributed by atoms with E-state index in [9.17, 15) is 10.1 Å². The van der Waals surface area contributed by atoms with Crippen molar-refractivity contribution in [3.8, 4) is 17.3 Å². The number of pyridine rings is 2. The van der Waals surface area contributed by atoms with Crippen molar-refractivity contribution in [2.75, 3.05) is 13.1 Å². The van der Waals surface area contributed by atoms with Crippen LogP contribution in [0.15, 0.2) is 67.1 Å². The van der Waals surface area contributed by atoms with Crippen molar-refractivity contribution >= 4 is 17.5 Å². The van der Waals surface area contributed by atoms with Crippen LogP contribution in [0.3, 0.4) is 0 Å². The Morgan fingerprint density at radius 2 is 1.87 bits per heavy atom. The highest BCUT2D eigenvalue weighted by molar-refractivity contribution is 6.30. The van der Waals surface area contributed by atoms with E-state index in [0.717, 1.165) is 11.1 Å². The number of halogens is 1. The average molecular weight is 417 g/mol. The lowest BCUT2D eigenvalue weighted by Gasteiger charge is -2.37. The molecule has 0 unspecified atom stereocenters. The molecule has 0 atom stereocenters. The predicted molar refractivity (Wildman–Crippen MR) is 116 cm³/mol. The molecule has 5 nitrogen and oxygen atoms in total. The standard InChI is InChI=1S/C24H21ClN4O/c25-20-4-1-3-18(15-20)16-24(17-26)8-13-29(14-9-24)23(30)21-5-2-10-28-22(21)19-6-11-27-12-7-19/h1-7,10-12,15H,8-9,13-14,16H2. The van der Waals surface area contributed by atoms with Crippen molar-refractivity contribution in [2.24, 2.45) is 5.41 Å². The molecule has 30 heavy (non-hydrogen) atoms. The lowest BCUT2D eigenvalue weighted by atomic mass is 9.75. The quantitative estimate of drug-likeness (QED) is 0.613. The van der Waals surface area contributed by atoms with Gasteiger partial charge in [0.15, 0.2) is 0 Å². The molecule has 6 heteroatoms. The molecule has 3 heterocycles. The SMILES string of the molecule is N#CC1(Cc2cccc(Cl)c2)CCN(C(=O)c2cccnc2-c2ccncc2)CC1. The largest absolute Gasteiger partial charge is 0.338 e. The van der Waals surface area contributed by atoms with Gasteiger partial charge in [0.05, 0.1) is 22.7 Å². The number of carbonyl (C=O) groups is 1. The number of rotatable bonds is 4. The molecule has 3 aromatic rings. The summed E-state index contributed by atoms with van der Waals surface area (Å²) in [7, 11) is 0. The normalized spacial score (nSPS) is 15.4. The van der Waals surface area contributed by atoms with Gasteiger partial charge in [0.2, 0.25) is 0 Å². The Balaban J connectivity index is 1.51. The Bertz CT molecular complexity index is 1090. The molecular formula is C24H21ClN4O. The van der Waals surface area contributed by atoms with Crippen LogP contribution in [0.2, 0.25) is 5.02 Å². The van der Waals surface area contributed by atoms with Crippen molar-refractivity contribution < 1.29 is 4.79 Å². The van der Waals surface area contributed by atoms with Gasteiger partial charge in [0, 0.05) is 42.3 Å². The molecule has 1 aromatic carbocycles. The molecule has 1 amide bonds. The second kappa shape index (κ2) is 8.64. The predicted octanol–water partition coefficient (Wildman–Crippen LogP) is 4.79. The number of carbonyl (C=O) groups excluding carboxylic acids is 1. The zero-order valence-electron chi connectivity index (χ0n) is 16.5. The lowest BCUT2D eigenvalue weighted by molar-refractivity contribution is 0.0647. The van der Waals surface area contributed by atoms with Crippen LogP contribution in [0.25, 0.3) is 11.3 Å².